The van der Waals surface area contributed by atoms with Crippen molar-refractivity contribution in [3.05, 3.63) is 5.56 Å². The summed E-state index contributed by atoms with van der Waals surface area (Å²) in [6, 6.07) is 0.336. The Kier molecular flexibility index (Phi) is 4.74. The molecule has 0 aliphatic carbocycles. The lowest BCUT2D eigenvalue weighted by Crippen LogP contribution is -2.32. The molecule has 17 heavy (non-hydrogen) atoms. The van der Waals surface area contributed by atoms with Crippen LogP contribution in [0.3, 0.4) is 0 Å². The number of aromatic nitrogens is 1. The molecule has 0 aromatic carbocycles. The van der Waals surface area contributed by atoms with Gasteiger partial charge in [-0.1, -0.05) is 6.92 Å². The lowest BCUT2D eigenvalue weighted by molar-refractivity contribution is 0.0603. The maximum Gasteiger partial charge on any atom is 0.344 e. The Balaban J connectivity index is 3.16. The third-order valence-corrected chi connectivity index (χ3v) is 3.71. The number of hydrogen-bond acceptors (Lipinski definition) is 6. The summed E-state index contributed by atoms with van der Waals surface area (Å²) >= 11 is 1.25. The van der Waals surface area contributed by atoms with Gasteiger partial charge in [-0.2, -0.15) is 4.37 Å². The lowest BCUT2D eigenvalue weighted by atomic mass is 10.2. The van der Waals surface area contributed by atoms with Crippen LogP contribution in [0, 0.1) is 0 Å². The Morgan fingerprint density at radius 2 is 2.24 bits per heavy atom. The molecule has 0 aliphatic rings. The second-order valence-electron chi connectivity index (χ2n) is 3.78. The maximum absolute atomic E-state index is 11.7. The molecule has 6 heteroatoms. The highest BCUT2D eigenvalue weighted by atomic mass is 32.1. The van der Waals surface area contributed by atoms with Crippen LogP contribution in [0.5, 0.6) is 0 Å². The van der Waals surface area contributed by atoms with Crippen LogP contribution in [0.25, 0.3) is 0 Å². The van der Waals surface area contributed by atoms with Gasteiger partial charge in [0.1, 0.15) is 10.6 Å². The van der Waals surface area contributed by atoms with E-state index in [9.17, 15) is 4.79 Å². The van der Waals surface area contributed by atoms with Gasteiger partial charge in [-0.15, -0.1) is 0 Å². The number of methoxy groups -OCH3 is 1. The lowest BCUT2D eigenvalue weighted by Gasteiger charge is -2.28. The summed E-state index contributed by atoms with van der Waals surface area (Å²) in [6.07, 6.45) is 0.992. The summed E-state index contributed by atoms with van der Waals surface area (Å²) in [7, 11) is 1.35. The number of hydrogen-bond donors (Lipinski definition) is 1. The normalized spacial score (nSPS) is 12.2. The van der Waals surface area contributed by atoms with E-state index in [1.807, 2.05) is 6.92 Å². The smallest absolute Gasteiger partial charge is 0.344 e. The number of nitrogens with zero attached hydrogens (tertiary/aromatic N) is 2. The third-order valence-electron chi connectivity index (χ3n) is 2.81. The van der Waals surface area contributed by atoms with E-state index in [4.69, 9.17) is 10.5 Å². The predicted octanol–water partition coefficient (Wildman–Crippen LogP) is 2.14. The fourth-order valence-corrected chi connectivity index (χ4v) is 2.63. The fraction of sp³-hybridized carbons (Fsp3) is 0.636. The van der Waals surface area contributed by atoms with E-state index in [-0.39, 0.29) is 5.82 Å². The molecule has 1 unspecified atom stereocenters. The number of ether oxygens (including phenoxy) is 1. The van der Waals surface area contributed by atoms with E-state index in [1.54, 1.807) is 0 Å². The number of esters is 1. The second-order valence-corrected chi connectivity index (χ2v) is 4.53. The molecule has 1 atom stereocenters. The molecule has 1 aromatic heterocycles. The van der Waals surface area contributed by atoms with Crippen LogP contribution < -0.4 is 10.6 Å². The molecular weight excluding hydrogens is 238 g/mol. The number of anilines is 2. The van der Waals surface area contributed by atoms with Crippen molar-refractivity contribution in [2.24, 2.45) is 0 Å². The first-order valence-corrected chi connectivity index (χ1v) is 6.44. The van der Waals surface area contributed by atoms with Gasteiger partial charge in [0.2, 0.25) is 0 Å². The van der Waals surface area contributed by atoms with Crippen molar-refractivity contribution in [1.29, 1.82) is 0 Å². The van der Waals surface area contributed by atoms with Gasteiger partial charge >= 0.3 is 5.97 Å². The van der Waals surface area contributed by atoms with Crippen molar-refractivity contribution in [3.63, 3.8) is 0 Å². The molecular formula is C11H19N3O2S. The highest BCUT2D eigenvalue weighted by Gasteiger charge is 2.25. The van der Waals surface area contributed by atoms with E-state index >= 15 is 0 Å². The van der Waals surface area contributed by atoms with Crippen molar-refractivity contribution in [2.45, 2.75) is 33.2 Å². The summed E-state index contributed by atoms with van der Waals surface area (Å²) < 4.78 is 8.79. The van der Waals surface area contributed by atoms with Crippen molar-refractivity contribution in [1.82, 2.24) is 4.37 Å². The minimum Gasteiger partial charge on any atom is -0.465 e. The first kappa shape index (κ1) is 13.8. The number of nitrogen functional groups attached to an aromatic ring is 1. The van der Waals surface area contributed by atoms with Crippen LogP contribution in [-0.4, -0.2) is 30.0 Å². The molecule has 96 valence electrons. The van der Waals surface area contributed by atoms with Crippen LogP contribution >= 0.6 is 11.5 Å². The van der Waals surface area contributed by atoms with Crippen molar-refractivity contribution in [3.8, 4) is 0 Å². The van der Waals surface area contributed by atoms with Crippen molar-refractivity contribution >= 4 is 28.3 Å². The molecule has 0 amide bonds. The summed E-state index contributed by atoms with van der Waals surface area (Å²) in [4.78, 5) is 13.8. The highest BCUT2D eigenvalue weighted by molar-refractivity contribution is 7.11. The minimum absolute atomic E-state index is 0.249. The topological polar surface area (TPSA) is 68.5 Å². The quantitative estimate of drug-likeness (QED) is 0.818. The predicted molar refractivity (Wildman–Crippen MR) is 70.6 cm³/mol. The van der Waals surface area contributed by atoms with E-state index in [0.29, 0.717) is 11.6 Å². The van der Waals surface area contributed by atoms with Crippen molar-refractivity contribution in [2.75, 3.05) is 24.3 Å². The second kappa shape index (κ2) is 5.86. The Labute approximate surface area is 106 Å². The average molecular weight is 257 g/mol. The Morgan fingerprint density at radius 3 is 2.71 bits per heavy atom. The standard InChI is InChI=1S/C11H19N3O2S/c1-5-7(3)14(6-2)10-8(11(15)16-4)9(12)13-17-10/h7H,5-6H2,1-4H3,(H2,12,13). The van der Waals surface area contributed by atoms with Gasteiger partial charge in [-0.3, -0.25) is 0 Å². The zero-order chi connectivity index (χ0) is 13.0. The fourth-order valence-electron chi connectivity index (χ4n) is 1.66. The molecule has 0 radical (unpaired) electrons. The van der Waals surface area contributed by atoms with Gasteiger partial charge < -0.3 is 15.4 Å². The zero-order valence-electron chi connectivity index (χ0n) is 10.7. The van der Waals surface area contributed by atoms with Crippen LogP contribution in [0.4, 0.5) is 10.8 Å². The SMILES string of the molecule is CCC(C)N(CC)c1snc(N)c1C(=O)OC. The molecule has 0 saturated carbocycles. The van der Waals surface area contributed by atoms with Crippen molar-refractivity contribution < 1.29 is 9.53 Å². The summed E-state index contributed by atoms with van der Waals surface area (Å²) in [6.45, 7) is 7.07. The molecule has 1 rings (SSSR count). The largest absolute Gasteiger partial charge is 0.465 e. The molecule has 0 bridgehead atoms. The number of carbonyl (C=O) groups is 1. The summed E-state index contributed by atoms with van der Waals surface area (Å²) in [5.74, 6) is -0.174. The van der Waals surface area contributed by atoms with Crippen LogP contribution in [-0.2, 0) is 4.74 Å². The molecule has 2 N–H and O–H groups in total. The van der Waals surface area contributed by atoms with Gasteiger partial charge in [-0.05, 0) is 31.8 Å². The van der Waals surface area contributed by atoms with Gasteiger partial charge in [0.15, 0.2) is 5.82 Å². The zero-order valence-corrected chi connectivity index (χ0v) is 11.5. The monoisotopic (exact) mass is 257 g/mol. The molecule has 0 spiro atoms. The Bertz CT molecular complexity index is 392. The average Bonchev–Trinajstić information content (AvgIpc) is 2.71. The maximum atomic E-state index is 11.7. The van der Waals surface area contributed by atoms with E-state index in [2.05, 4.69) is 23.1 Å². The van der Waals surface area contributed by atoms with Gasteiger partial charge in [0, 0.05) is 12.6 Å². The van der Waals surface area contributed by atoms with E-state index in [1.165, 1.54) is 18.6 Å². The third kappa shape index (κ3) is 2.69. The van der Waals surface area contributed by atoms with Crippen LogP contribution in [0.15, 0.2) is 0 Å². The number of nitrogens with two attached hydrogens (primary N) is 1. The van der Waals surface area contributed by atoms with Crippen LogP contribution in [0.1, 0.15) is 37.6 Å². The first-order valence-electron chi connectivity index (χ1n) is 5.66. The molecule has 1 heterocycles. The molecule has 5 nitrogen and oxygen atoms in total. The minimum atomic E-state index is -0.423. The summed E-state index contributed by atoms with van der Waals surface area (Å²) in [5, 5.41) is 0.797. The van der Waals surface area contributed by atoms with Gasteiger partial charge in [0.25, 0.3) is 0 Å². The summed E-state index contributed by atoms with van der Waals surface area (Å²) in [5.41, 5.74) is 6.11. The van der Waals surface area contributed by atoms with E-state index in [0.717, 1.165) is 18.0 Å². The van der Waals surface area contributed by atoms with Gasteiger partial charge in [0.05, 0.1) is 7.11 Å². The van der Waals surface area contributed by atoms with Gasteiger partial charge in [-0.25, -0.2) is 4.79 Å². The van der Waals surface area contributed by atoms with E-state index < -0.39 is 5.97 Å². The Hall–Kier alpha value is -1.30. The molecule has 1 aromatic rings. The number of carbonyl (C=O) groups excluding carboxylic acids is 1. The Morgan fingerprint density at radius 1 is 1.59 bits per heavy atom. The molecule has 0 aliphatic heterocycles. The number of rotatable bonds is 5. The molecule has 0 saturated heterocycles. The highest BCUT2D eigenvalue weighted by Crippen LogP contribution is 2.32. The first-order chi connectivity index (χ1) is 8.06. The molecule has 0 fully saturated rings. The van der Waals surface area contributed by atoms with Crippen LogP contribution in [0.2, 0.25) is 0 Å².